The summed E-state index contributed by atoms with van der Waals surface area (Å²) in [6, 6.07) is 0. The number of hydrogen-bond donors (Lipinski definition) is 3. The summed E-state index contributed by atoms with van der Waals surface area (Å²) in [6.07, 6.45) is 1.35. The van der Waals surface area contributed by atoms with E-state index in [4.69, 9.17) is 19.4 Å². The zero-order chi connectivity index (χ0) is 15.7. The average Bonchev–Trinajstić information content (AvgIpc) is 3.12. The molecule has 2 unspecified atom stereocenters. The van der Waals surface area contributed by atoms with Gasteiger partial charge in [0.05, 0.1) is 6.61 Å². The minimum atomic E-state index is -1.00. The van der Waals surface area contributed by atoms with Gasteiger partial charge in [0.15, 0.2) is 11.8 Å². The Balaban J connectivity index is 1.78. The van der Waals surface area contributed by atoms with Gasteiger partial charge < -0.3 is 24.5 Å². The van der Waals surface area contributed by atoms with Crippen molar-refractivity contribution >= 4 is 18.7 Å². The van der Waals surface area contributed by atoms with Gasteiger partial charge in [-0.1, -0.05) is 0 Å². The first kappa shape index (κ1) is 14.5. The molecule has 3 heterocycles. The van der Waals surface area contributed by atoms with Crippen molar-refractivity contribution in [1.29, 1.82) is 0 Å². The highest BCUT2D eigenvalue weighted by molar-refractivity contribution is 7.75. The Morgan fingerprint density at radius 3 is 2.91 bits per heavy atom. The number of nitrogen functional groups attached to an aromatic ring is 1. The predicted molar refractivity (Wildman–Crippen MR) is 78.3 cm³/mol. The van der Waals surface area contributed by atoms with Gasteiger partial charge in [0.2, 0.25) is 0 Å². The highest BCUT2D eigenvalue weighted by atomic mass is 32.1. The molecular weight excluding hydrogens is 310 g/mol. The number of aromatic nitrogens is 2. The summed E-state index contributed by atoms with van der Waals surface area (Å²) in [4.78, 5) is 15.9. The minimum absolute atomic E-state index is 0.183. The van der Waals surface area contributed by atoms with E-state index in [0.717, 1.165) is 12.8 Å². The molecule has 4 rings (SSSR count). The van der Waals surface area contributed by atoms with Gasteiger partial charge >= 0.3 is 5.69 Å². The average molecular weight is 327 g/mol. The molecule has 2 bridgehead atoms. The van der Waals surface area contributed by atoms with Gasteiger partial charge in [0.1, 0.15) is 23.6 Å². The number of aryl methyl sites for hydroxylation is 1. The Kier molecular flexibility index (Phi) is 2.93. The van der Waals surface area contributed by atoms with E-state index in [0.29, 0.717) is 5.56 Å². The molecule has 0 amide bonds. The van der Waals surface area contributed by atoms with Crippen molar-refractivity contribution in [3.05, 3.63) is 22.2 Å². The number of nitrogens with zero attached hydrogens (tertiary/aromatic N) is 2. The third-order valence-corrected chi connectivity index (χ3v) is 5.23. The molecule has 120 valence electrons. The maximum absolute atomic E-state index is 12.1. The molecular formula is C13H17N3O5S. The van der Waals surface area contributed by atoms with Crippen LogP contribution in [0.5, 0.6) is 0 Å². The first-order chi connectivity index (χ1) is 10.5. The molecule has 1 aromatic rings. The number of fused-ring (bicyclic) bond motifs is 3. The largest absolute Gasteiger partial charge is 0.393 e. The number of aliphatic hydroxyl groups excluding tert-OH is 1. The van der Waals surface area contributed by atoms with Crippen molar-refractivity contribution < 1.29 is 18.8 Å². The summed E-state index contributed by atoms with van der Waals surface area (Å²) in [5.41, 5.74) is 4.25. The smallest absolute Gasteiger partial charge is 0.351 e. The molecule has 2 aliphatic heterocycles. The summed E-state index contributed by atoms with van der Waals surface area (Å²) in [5, 5.41) is 9.91. The van der Waals surface area contributed by atoms with E-state index in [1.165, 1.54) is 4.57 Å². The third-order valence-electron chi connectivity index (χ3n) is 5.00. The highest BCUT2D eigenvalue weighted by Gasteiger charge is 2.79. The van der Waals surface area contributed by atoms with Crippen LogP contribution >= 0.6 is 12.9 Å². The zero-order valence-electron chi connectivity index (χ0n) is 11.9. The van der Waals surface area contributed by atoms with E-state index >= 15 is 0 Å². The normalized spacial score (nSPS) is 37.9. The molecule has 22 heavy (non-hydrogen) atoms. The van der Waals surface area contributed by atoms with Crippen LogP contribution in [-0.2, 0) is 13.7 Å². The molecule has 3 fully saturated rings. The van der Waals surface area contributed by atoms with E-state index < -0.39 is 35.3 Å². The van der Waals surface area contributed by atoms with Gasteiger partial charge in [-0.05, 0) is 32.7 Å². The lowest BCUT2D eigenvalue weighted by Gasteiger charge is -2.37. The van der Waals surface area contributed by atoms with Gasteiger partial charge in [-0.15, -0.1) is 0 Å². The second-order valence-electron chi connectivity index (χ2n) is 6.16. The highest BCUT2D eigenvalue weighted by Crippen LogP contribution is 2.64. The lowest BCUT2D eigenvalue weighted by molar-refractivity contribution is -0.235. The minimum Gasteiger partial charge on any atom is -0.393 e. The van der Waals surface area contributed by atoms with Crippen molar-refractivity contribution in [2.75, 3.05) is 12.3 Å². The van der Waals surface area contributed by atoms with Gasteiger partial charge in [0, 0.05) is 11.8 Å². The lowest BCUT2D eigenvalue weighted by atomic mass is 9.91. The van der Waals surface area contributed by atoms with Crippen molar-refractivity contribution in [2.24, 2.45) is 0 Å². The van der Waals surface area contributed by atoms with E-state index in [1.54, 1.807) is 13.1 Å². The summed E-state index contributed by atoms with van der Waals surface area (Å²) in [5.74, 6) is 0.183. The van der Waals surface area contributed by atoms with Crippen LogP contribution in [0.2, 0.25) is 0 Å². The summed E-state index contributed by atoms with van der Waals surface area (Å²) < 4.78 is 18.7. The Bertz CT molecular complexity index is 691. The number of thiol groups is 1. The fraction of sp³-hybridized carbons (Fsp3) is 0.692. The Labute approximate surface area is 131 Å². The molecule has 4 atom stereocenters. The van der Waals surface area contributed by atoms with Crippen LogP contribution in [0.15, 0.2) is 11.0 Å². The number of aliphatic hydroxyl groups is 1. The van der Waals surface area contributed by atoms with Crippen LogP contribution in [0, 0.1) is 6.92 Å². The number of anilines is 1. The van der Waals surface area contributed by atoms with Gasteiger partial charge in [-0.25, -0.2) is 4.79 Å². The maximum atomic E-state index is 12.1. The quantitative estimate of drug-likeness (QED) is 0.510. The standard InChI is InChI=1S/C13H17N3O5S/c1-6-4-16(11(18)15-9(6)14)10-7-8(21-22)13(5-17,20-10)12(19-7)2-3-12/h4,7-8,10,17,22H,2-3,5H2,1H3,(H2,14,15,18)/t7?,8?,10-,13-/m1/s1. The molecule has 0 aromatic carbocycles. The molecule has 1 aromatic heterocycles. The Morgan fingerprint density at radius 1 is 1.59 bits per heavy atom. The van der Waals surface area contributed by atoms with Crippen LogP contribution in [0.25, 0.3) is 0 Å². The topological polar surface area (TPSA) is 109 Å². The van der Waals surface area contributed by atoms with Crippen molar-refractivity contribution in [3.63, 3.8) is 0 Å². The number of nitrogens with two attached hydrogens (primary N) is 1. The van der Waals surface area contributed by atoms with Crippen LogP contribution in [0.3, 0.4) is 0 Å². The maximum Gasteiger partial charge on any atom is 0.351 e. The number of hydrogen-bond acceptors (Lipinski definition) is 8. The van der Waals surface area contributed by atoms with Crippen LogP contribution < -0.4 is 11.4 Å². The predicted octanol–water partition coefficient (Wildman–Crippen LogP) is -0.445. The van der Waals surface area contributed by atoms with E-state index in [1.807, 2.05) is 0 Å². The molecule has 1 aliphatic carbocycles. The molecule has 3 N–H and O–H groups in total. The van der Waals surface area contributed by atoms with Gasteiger partial charge in [-0.3, -0.25) is 4.57 Å². The fourth-order valence-electron chi connectivity index (χ4n) is 3.66. The van der Waals surface area contributed by atoms with Crippen LogP contribution in [-0.4, -0.2) is 44.7 Å². The van der Waals surface area contributed by atoms with Gasteiger partial charge in [0.25, 0.3) is 0 Å². The second-order valence-corrected chi connectivity index (χ2v) is 6.37. The molecule has 9 heteroatoms. The third kappa shape index (κ3) is 1.57. The first-order valence-corrected chi connectivity index (χ1v) is 7.46. The zero-order valence-corrected chi connectivity index (χ0v) is 12.8. The fourth-order valence-corrected chi connectivity index (χ4v) is 3.95. The molecule has 0 radical (unpaired) electrons. The summed E-state index contributed by atoms with van der Waals surface area (Å²) in [7, 11) is 0. The molecule has 8 nitrogen and oxygen atoms in total. The Hall–Kier alpha value is -1.13. The van der Waals surface area contributed by atoms with Crippen LogP contribution in [0.1, 0.15) is 24.6 Å². The summed E-state index contributed by atoms with van der Waals surface area (Å²) >= 11 is 3.91. The number of ether oxygens (including phenoxy) is 2. The molecule has 3 aliphatic rings. The molecule has 1 saturated carbocycles. The van der Waals surface area contributed by atoms with Crippen molar-refractivity contribution in [2.45, 2.75) is 49.4 Å². The number of rotatable bonds is 3. The monoisotopic (exact) mass is 327 g/mol. The van der Waals surface area contributed by atoms with E-state index in [9.17, 15) is 9.90 Å². The molecule has 1 spiro atoms. The second kappa shape index (κ2) is 4.45. The lowest BCUT2D eigenvalue weighted by Crippen LogP contribution is -2.53. The SMILES string of the molecule is Cc1cn([C@@H]2O[C@]3(CO)C(OS)C2OC32CC2)c(=O)nc1N. The summed E-state index contributed by atoms with van der Waals surface area (Å²) in [6.45, 7) is 1.49. The van der Waals surface area contributed by atoms with Gasteiger partial charge in [-0.2, -0.15) is 4.98 Å². The van der Waals surface area contributed by atoms with E-state index in [2.05, 4.69) is 17.9 Å². The van der Waals surface area contributed by atoms with Crippen molar-refractivity contribution in [1.82, 2.24) is 9.55 Å². The molecule has 2 saturated heterocycles. The van der Waals surface area contributed by atoms with E-state index in [-0.39, 0.29) is 12.4 Å². The van der Waals surface area contributed by atoms with Crippen LogP contribution in [0.4, 0.5) is 5.82 Å². The van der Waals surface area contributed by atoms with Crippen molar-refractivity contribution in [3.8, 4) is 0 Å². The first-order valence-electron chi connectivity index (χ1n) is 7.10. The Morgan fingerprint density at radius 2 is 2.32 bits per heavy atom.